The Kier molecular flexibility index (Phi) is 33.7. The molecule has 11 heteroatoms. The third kappa shape index (κ3) is 27.2. The van der Waals surface area contributed by atoms with Gasteiger partial charge < -0.3 is 47.9 Å². The molecular weight excluding hydrogens is 775 g/mol. The van der Waals surface area contributed by atoms with Crippen molar-refractivity contribution in [2.24, 2.45) is 0 Å². The minimum Gasteiger partial charge on any atom is -0.449 e. The van der Waals surface area contributed by atoms with Crippen LogP contribution in [0.2, 0.25) is 0 Å². The third-order valence-corrected chi connectivity index (χ3v) is 10.8. The van der Waals surface area contributed by atoms with Crippen LogP contribution in [0.4, 0.5) is 4.79 Å². The monoisotopic (exact) mass is 858 g/mol. The molecule has 1 aliphatic rings. The Morgan fingerprint density at radius 2 is 0.721 bits per heavy atom. The summed E-state index contributed by atoms with van der Waals surface area (Å²) in [7, 11) is 0. The number of rotatable bonds is 44. The van der Waals surface area contributed by atoms with Gasteiger partial charge in [0.2, 0.25) is 0 Å². The fourth-order valence-electron chi connectivity index (χ4n) is 7.41. The van der Waals surface area contributed by atoms with Gasteiger partial charge in [0.05, 0.1) is 92.5 Å². The van der Waals surface area contributed by atoms with Crippen LogP contribution in [0.1, 0.15) is 133 Å². The molecule has 2 aromatic carbocycles. The van der Waals surface area contributed by atoms with Crippen molar-refractivity contribution >= 4 is 6.09 Å². The molecule has 0 unspecified atom stereocenters. The van der Waals surface area contributed by atoms with Gasteiger partial charge in [-0.25, -0.2) is 4.79 Å². The van der Waals surface area contributed by atoms with Gasteiger partial charge in [-0.3, -0.25) is 0 Å². The third-order valence-electron chi connectivity index (χ3n) is 10.8. The van der Waals surface area contributed by atoms with E-state index in [1.54, 1.807) is 0 Å². The van der Waals surface area contributed by atoms with Gasteiger partial charge in [0.1, 0.15) is 6.61 Å². The maximum Gasteiger partial charge on any atom is 0.407 e. The molecule has 1 aliphatic carbocycles. The zero-order valence-corrected chi connectivity index (χ0v) is 38.0. The van der Waals surface area contributed by atoms with E-state index in [1.807, 2.05) is 24.3 Å². The number of carbonyl (C=O) groups is 1. The lowest BCUT2D eigenvalue weighted by Gasteiger charge is -2.14. The molecule has 348 valence electrons. The molecule has 3 rings (SSSR count). The second-order valence-corrected chi connectivity index (χ2v) is 15.8. The van der Waals surface area contributed by atoms with Crippen molar-refractivity contribution in [1.82, 2.24) is 5.32 Å². The van der Waals surface area contributed by atoms with Gasteiger partial charge in [-0.2, -0.15) is 0 Å². The highest BCUT2D eigenvalue weighted by Crippen LogP contribution is 2.44. The summed E-state index contributed by atoms with van der Waals surface area (Å²) in [6.07, 6.45) is 22.4. The Morgan fingerprint density at radius 1 is 0.410 bits per heavy atom. The number of unbranched alkanes of at least 4 members (excludes halogenated alkanes) is 15. The van der Waals surface area contributed by atoms with E-state index in [9.17, 15) is 4.79 Å². The number of ether oxygens (including phenoxy) is 9. The molecule has 0 saturated heterocycles. The first-order valence-electron chi connectivity index (χ1n) is 24.0. The summed E-state index contributed by atoms with van der Waals surface area (Å²) in [5, 5.41) is 2.82. The Hall–Kier alpha value is -2.61. The molecule has 0 spiro atoms. The van der Waals surface area contributed by atoms with Gasteiger partial charge in [-0.05, 0) is 35.1 Å². The van der Waals surface area contributed by atoms with Crippen molar-refractivity contribution in [2.75, 3.05) is 119 Å². The molecule has 1 amide bonds. The zero-order chi connectivity index (χ0) is 42.9. The molecule has 0 fully saturated rings. The number of hydrogen-bond donors (Lipinski definition) is 1. The van der Waals surface area contributed by atoms with E-state index >= 15 is 0 Å². The molecule has 2 aromatic rings. The minimum absolute atomic E-state index is 0.0543. The van der Waals surface area contributed by atoms with Crippen molar-refractivity contribution in [1.29, 1.82) is 0 Å². The summed E-state index contributed by atoms with van der Waals surface area (Å²) in [6, 6.07) is 16.6. The summed E-state index contributed by atoms with van der Waals surface area (Å²) >= 11 is 0. The van der Waals surface area contributed by atoms with E-state index in [4.69, 9.17) is 42.6 Å². The number of fused-ring (bicyclic) bond motifs is 3. The van der Waals surface area contributed by atoms with Crippen LogP contribution in [0.15, 0.2) is 48.5 Å². The zero-order valence-electron chi connectivity index (χ0n) is 38.0. The molecule has 1 N–H and O–H groups in total. The SMILES string of the molecule is CCCCCCCCCCCCCCCCCCOCCOCCOCCOCCOCCOCCOCCOCCCNC(=O)OCC1c2ccccc2-c2ccccc21. The number of amides is 1. The van der Waals surface area contributed by atoms with E-state index < -0.39 is 6.09 Å². The van der Waals surface area contributed by atoms with Crippen molar-refractivity contribution in [2.45, 2.75) is 122 Å². The van der Waals surface area contributed by atoms with Crippen LogP contribution in [0.25, 0.3) is 11.1 Å². The second-order valence-electron chi connectivity index (χ2n) is 15.8. The van der Waals surface area contributed by atoms with Gasteiger partial charge in [0.15, 0.2) is 0 Å². The summed E-state index contributed by atoms with van der Waals surface area (Å²) in [5.41, 5.74) is 4.83. The minimum atomic E-state index is -0.408. The lowest BCUT2D eigenvalue weighted by Crippen LogP contribution is -2.27. The topological polar surface area (TPSA) is 112 Å². The molecule has 0 atom stereocenters. The maximum atomic E-state index is 12.3. The molecule has 0 aliphatic heterocycles. The fraction of sp³-hybridized carbons (Fsp3) is 0.740. The molecule has 0 radical (unpaired) electrons. The standard InChI is InChI=1S/C50H83NO10/c1-2-3-4-5-6-7-8-9-10-11-12-13-14-15-16-21-28-53-30-32-55-34-36-57-38-40-59-42-43-60-41-39-58-37-35-56-33-31-54-29-22-27-51-50(52)61-44-49-47-25-19-17-23-45(47)46-24-18-20-26-48(46)49/h17-20,23-26,49H,2-16,21-22,27-44H2,1H3,(H,51,52). The first-order valence-corrected chi connectivity index (χ1v) is 24.0. The predicted molar refractivity (Wildman–Crippen MR) is 244 cm³/mol. The van der Waals surface area contributed by atoms with Crippen LogP contribution in [-0.2, 0) is 42.6 Å². The Bertz CT molecular complexity index is 1250. The van der Waals surface area contributed by atoms with Crippen molar-refractivity contribution in [3.05, 3.63) is 59.7 Å². The van der Waals surface area contributed by atoms with Gasteiger partial charge in [0, 0.05) is 25.7 Å². The van der Waals surface area contributed by atoms with Crippen molar-refractivity contribution in [3.63, 3.8) is 0 Å². The van der Waals surface area contributed by atoms with Crippen LogP contribution in [0.5, 0.6) is 0 Å². The number of nitrogens with one attached hydrogen (secondary N) is 1. The van der Waals surface area contributed by atoms with Crippen LogP contribution in [0.3, 0.4) is 0 Å². The molecular formula is C50H83NO10. The molecule has 0 bridgehead atoms. The van der Waals surface area contributed by atoms with Crippen LogP contribution in [-0.4, -0.2) is 125 Å². The van der Waals surface area contributed by atoms with Gasteiger partial charge >= 0.3 is 6.09 Å². The highest BCUT2D eigenvalue weighted by atomic mass is 16.6. The van der Waals surface area contributed by atoms with Gasteiger partial charge in [-0.1, -0.05) is 152 Å². The van der Waals surface area contributed by atoms with Crippen molar-refractivity contribution < 1.29 is 47.4 Å². The van der Waals surface area contributed by atoms with E-state index in [-0.39, 0.29) is 5.92 Å². The number of carbonyl (C=O) groups excluding carboxylic acids is 1. The van der Waals surface area contributed by atoms with Crippen LogP contribution >= 0.6 is 0 Å². The highest BCUT2D eigenvalue weighted by molar-refractivity contribution is 5.79. The smallest absolute Gasteiger partial charge is 0.407 e. The van der Waals surface area contributed by atoms with E-state index in [0.717, 1.165) is 13.0 Å². The Morgan fingerprint density at radius 3 is 1.10 bits per heavy atom. The molecule has 0 saturated carbocycles. The molecule has 0 aromatic heterocycles. The summed E-state index contributed by atoms with van der Waals surface area (Å²) in [4.78, 5) is 12.3. The normalized spacial score (nSPS) is 12.2. The van der Waals surface area contributed by atoms with Gasteiger partial charge in [-0.15, -0.1) is 0 Å². The molecule has 11 nitrogen and oxygen atoms in total. The largest absolute Gasteiger partial charge is 0.449 e. The average Bonchev–Trinajstić information content (AvgIpc) is 3.60. The lowest BCUT2D eigenvalue weighted by molar-refractivity contribution is -0.0232. The van der Waals surface area contributed by atoms with Crippen molar-refractivity contribution in [3.8, 4) is 11.1 Å². The summed E-state index contributed by atoms with van der Waals surface area (Å²) in [5.74, 6) is 0.0543. The Balaban J connectivity index is 0.915. The number of benzene rings is 2. The fourth-order valence-corrected chi connectivity index (χ4v) is 7.41. The Labute approximate surface area is 369 Å². The van der Waals surface area contributed by atoms with Crippen LogP contribution in [0, 0.1) is 0 Å². The van der Waals surface area contributed by atoms with E-state index in [1.165, 1.54) is 119 Å². The predicted octanol–water partition coefficient (Wildman–Crippen LogP) is 10.3. The maximum absolute atomic E-state index is 12.3. The summed E-state index contributed by atoms with van der Waals surface area (Å²) in [6.45, 7) is 11.9. The first kappa shape index (κ1) is 52.7. The lowest BCUT2D eigenvalue weighted by atomic mass is 9.98. The highest BCUT2D eigenvalue weighted by Gasteiger charge is 2.29. The van der Waals surface area contributed by atoms with Gasteiger partial charge in [0.25, 0.3) is 0 Å². The first-order chi connectivity index (χ1) is 30.3. The average molecular weight is 858 g/mol. The van der Waals surface area contributed by atoms with E-state index in [0.29, 0.717) is 119 Å². The van der Waals surface area contributed by atoms with E-state index in [2.05, 4.69) is 36.5 Å². The molecule has 61 heavy (non-hydrogen) atoms. The number of alkyl carbamates (subject to hydrolysis) is 1. The quantitative estimate of drug-likeness (QED) is 0.0647. The summed E-state index contributed by atoms with van der Waals surface area (Å²) < 4.78 is 50.2. The van der Waals surface area contributed by atoms with Crippen LogP contribution < -0.4 is 5.32 Å². The molecule has 0 heterocycles. The second kappa shape index (κ2) is 39.0. The number of hydrogen-bond acceptors (Lipinski definition) is 10.